The summed E-state index contributed by atoms with van der Waals surface area (Å²) in [5, 5.41) is 16.8. The highest BCUT2D eigenvalue weighted by atomic mass is 19.3. The van der Waals surface area contributed by atoms with E-state index in [1.807, 2.05) is 36.5 Å². The zero-order valence-electron chi connectivity index (χ0n) is 30.4. The van der Waals surface area contributed by atoms with E-state index >= 15 is 0 Å². The molecule has 3 N–H and O–H groups in total. The van der Waals surface area contributed by atoms with Crippen LogP contribution < -0.4 is 16.0 Å². The largest absolute Gasteiger partial charge is 0.381 e. The summed E-state index contributed by atoms with van der Waals surface area (Å²) in [4.78, 5) is 68.4. The van der Waals surface area contributed by atoms with E-state index in [1.54, 1.807) is 28.6 Å². The predicted molar refractivity (Wildman–Crippen MR) is 194 cm³/mol. The van der Waals surface area contributed by atoms with Gasteiger partial charge >= 0.3 is 6.17 Å². The van der Waals surface area contributed by atoms with Crippen molar-refractivity contribution in [2.24, 2.45) is 5.92 Å². The van der Waals surface area contributed by atoms with E-state index in [0.29, 0.717) is 57.0 Å². The molecule has 6 rings (SSSR count). The number of hydrogen-bond acceptors (Lipinski definition) is 8. The molecule has 3 aliphatic heterocycles. The Balaban J connectivity index is 0.968. The summed E-state index contributed by atoms with van der Waals surface area (Å²) in [7, 11) is 0. The maximum atomic E-state index is 13.9. The number of anilines is 1. The van der Waals surface area contributed by atoms with Gasteiger partial charge in [0.2, 0.25) is 23.6 Å². The summed E-state index contributed by atoms with van der Waals surface area (Å²) in [6, 6.07) is 12.0. The standard InChI is InChI=1S/C38H43F2N9O6/c1-3-33(50)42-13-5-14-55-15-12-34(51)43-28-10-8-24(9-11-28)31-22-48(46-45-31)20-26-7-4-6-25-19-47(21-29(25)26)35(52)17-27-16-30(44-36(27)53)37(54)49-23-38(39,40)18-32(49)41-2/h4,6-11,22,27,30,32H,3,5,12-21,23H2,1H3,(H,42,50)(H,43,51)(H,44,53)/t27-,30-,32-/m0/s1. The van der Waals surface area contributed by atoms with Gasteiger partial charge in [0.15, 0.2) is 0 Å². The van der Waals surface area contributed by atoms with E-state index in [4.69, 9.17) is 11.3 Å². The third-order valence-corrected chi connectivity index (χ3v) is 9.95. The molecule has 3 atom stereocenters. The maximum absolute atomic E-state index is 13.9. The number of ether oxygens (including phenoxy) is 1. The molecule has 3 aliphatic rings. The maximum Gasteiger partial charge on any atom is 0.306 e. The van der Waals surface area contributed by atoms with Crippen LogP contribution in [0.25, 0.3) is 16.1 Å². The zero-order chi connectivity index (χ0) is 39.1. The number of fused-ring (bicyclic) bond motifs is 1. The van der Waals surface area contributed by atoms with Gasteiger partial charge in [-0.25, -0.2) is 20.0 Å². The van der Waals surface area contributed by atoms with Gasteiger partial charge in [0.05, 0.1) is 32.3 Å². The second-order valence-corrected chi connectivity index (χ2v) is 14.0. The first-order chi connectivity index (χ1) is 26.4. The topological polar surface area (TPSA) is 172 Å². The highest BCUT2D eigenvalue weighted by Gasteiger charge is 2.53. The van der Waals surface area contributed by atoms with E-state index in [9.17, 15) is 32.8 Å². The first kappa shape index (κ1) is 38.9. The van der Waals surface area contributed by atoms with Crippen molar-refractivity contribution in [1.82, 2.24) is 35.4 Å². The van der Waals surface area contributed by atoms with E-state index in [0.717, 1.165) is 27.2 Å². The molecule has 0 spiro atoms. The molecule has 290 valence electrons. The third kappa shape index (κ3) is 9.68. The molecule has 0 aliphatic carbocycles. The molecule has 2 saturated heterocycles. The smallest absolute Gasteiger partial charge is 0.306 e. The number of carbonyl (C=O) groups excluding carboxylic acids is 5. The fraction of sp³-hybridized carbons (Fsp3) is 0.474. The molecule has 4 heterocycles. The molecule has 55 heavy (non-hydrogen) atoms. The van der Waals surface area contributed by atoms with Crippen molar-refractivity contribution in [3.63, 3.8) is 0 Å². The van der Waals surface area contributed by atoms with Crippen LogP contribution in [0.1, 0.15) is 62.1 Å². The van der Waals surface area contributed by atoms with E-state index in [1.165, 1.54) is 0 Å². The number of benzene rings is 2. The number of halogens is 2. The molecule has 0 unspecified atom stereocenters. The molecule has 0 saturated carbocycles. The van der Waals surface area contributed by atoms with Gasteiger partial charge in [-0.1, -0.05) is 42.5 Å². The van der Waals surface area contributed by atoms with Crippen LogP contribution in [0.15, 0.2) is 48.7 Å². The van der Waals surface area contributed by atoms with Crippen LogP contribution in [0.4, 0.5) is 14.5 Å². The average molecular weight is 760 g/mol. The molecular formula is C38H43F2N9O6. The van der Waals surface area contributed by atoms with Crippen molar-refractivity contribution in [3.8, 4) is 11.3 Å². The van der Waals surface area contributed by atoms with Crippen molar-refractivity contribution in [2.45, 2.75) is 83.2 Å². The molecular weight excluding hydrogens is 716 g/mol. The van der Waals surface area contributed by atoms with Crippen LogP contribution in [0.3, 0.4) is 0 Å². The number of aromatic nitrogens is 3. The number of hydrogen-bond donors (Lipinski definition) is 3. The lowest BCUT2D eigenvalue weighted by Gasteiger charge is -2.20. The highest BCUT2D eigenvalue weighted by molar-refractivity contribution is 5.94. The van der Waals surface area contributed by atoms with Crippen LogP contribution in [-0.4, -0.2) is 98.8 Å². The summed E-state index contributed by atoms with van der Waals surface area (Å²) in [6.07, 6.45) is 0.976. The first-order valence-electron chi connectivity index (χ1n) is 18.3. The van der Waals surface area contributed by atoms with E-state index in [-0.39, 0.29) is 43.6 Å². The lowest BCUT2D eigenvalue weighted by molar-refractivity contribution is -0.135. The molecule has 0 bridgehead atoms. The predicted octanol–water partition coefficient (Wildman–Crippen LogP) is 3.10. The van der Waals surface area contributed by atoms with Gasteiger partial charge in [0.25, 0.3) is 11.8 Å². The summed E-state index contributed by atoms with van der Waals surface area (Å²) >= 11 is 0. The minimum absolute atomic E-state index is 0.00272. The number of amides is 5. The van der Waals surface area contributed by atoms with Gasteiger partial charge in [-0.2, -0.15) is 0 Å². The zero-order valence-corrected chi connectivity index (χ0v) is 30.4. The molecule has 3 aromatic rings. The number of nitrogens with one attached hydrogen (secondary N) is 3. The summed E-state index contributed by atoms with van der Waals surface area (Å²) < 4.78 is 35.0. The average Bonchev–Trinajstić information content (AvgIpc) is 3.97. The second-order valence-electron chi connectivity index (χ2n) is 14.0. The fourth-order valence-corrected chi connectivity index (χ4v) is 7.00. The Kier molecular flexibility index (Phi) is 12.1. The quantitative estimate of drug-likeness (QED) is 0.157. The number of likely N-dealkylation sites (tertiary alicyclic amines) is 1. The second kappa shape index (κ2) is 17.1. The third-order valence-electron chi connectivity index (χ3n) is 9.95. The Morgan fingerprint density at radius 1 is 1.09 bits per heavy atom. The first-order valence-corrected chi connectivity index (χ1v) is 18.3. The summed E-state index contributed by atoms with van der Waals surface area (Å²) in [5.41, 5.74) is 4.98. The van der Waals surface area contributed by atoms with E-state index < -0.39 is 48.8 Å². The van der Waals surface area contributed by atoms with Crippen LogP contribution >= 0.6 is 0 Å². The fourth-order valence-electron chi connectivity index (χ4n) is 7.00. The molecule has 15 nitrogen and oxygen atoms in total. The van der Waals surface area contributed by atoms with Crippen molar-refractivity contribution in [1.29, 1.82) is 0 Å². The lowest BCUT2D eigenvalue weighted by Crippen LogP contribution is -2.46. The van der Waals surface area contributed by atoms with Gasteiger partial charge in [-0.3, -0.25) is 33.7 Å². The Bertz CT molecular complexity index is 1960. The Labute approximate surface area is 316 Å². The minimum atomic E-state index is -3.16. The summed E-state index contributed by atoms with van der Waals surface area (Å²) in [5.74, 6) is -5.60. The normalized spacial score (nSPS) is 19.8. The Morgan fingerprint density at radius 2 is 1.89 bits per heavy atom. The number of alkyl halides is 2. The Morgan fingerprint density at radius 3 is 2.65 bits per heavy atom. The monoisotopic (exact) mass is 759 g/mol. The molecule has 17 heteroatoms. The van der Waals surface area contributed by atoms with Crippen LogP contribution in [0.2, 0.25) is 0 Å². The number of nitrogens with zero attached hydrogens (tertiary/aromatic N) is 6. The summed E-state index contributed by atoms with van der Waals surface area (Å²) in [6.45, 7) is 10.5. The van der Waals surface area contributed by atoms with Gasteiger partial charge in [0.1, 0.15) is 18.2 Å². The molecule has 1 aromatic heterocycles. The molecule has 0 radical (unpaired) electrons. The minimum Gasteiger partial charge on any atom is -0.381 e. The van der Waals surface area contributed by atoms with Crippen molar-refractivity contribution < 1.29 is 37.5 Å². The van der Waals surface area contributed by atoms with Gasteiger partial charge in [-0.15, -0.1) is 5.10 Å². The van der Waals surface area contributed by atoms with Crippen molar-refractivity contribution in [3.05, 3.63) is 76.8 Å². The van der Waals surface area contributed by atoms with Crippen LogP contribution in [0, 0.1) is 12.5 Å². The van der Waals surface area contributed by atoms with Crippen molar-refractivity contribution >= 4 is 35.2 Å². The SMILES string of the molecule is [C-]#[N+][C@@H]1CC(F)(F)CN1C(=O)[C@@H]1C[C@@H](CC(=O)N2Cc3cccc(Cn4cc(-c5ccc(NC(=O)CCOCCCNC(=O)CC)cc5)nn4)c3C2)C(=O)N1. The van der Waals surface area contributed by atoms with Gasteiger partial charge in [0, 0.05) is 56.3 Å². The van der Waals surface area contributed by atoms with Crippen LogP contribution in [0.5, 0.6) is 0 Å². The molecule has 5 amide bonds. The number of rotatable bonds is 15. The lowest BCUT2D eigenvalue weighted by atomic mass is 9.99. The van der Waals surface area contributed by atoms with Crippen LogP contribution in [-0.2, 0) is 48.3 Å². The Hall–Kier alpha value is -5.76. The van der Waals surface area contributed by atoms with E-state index in [2.05, 4.69) is 31.1 Å². The van der Waals surface area contributed by atoms with Crippen molar-refractivity contribution in [2.75, 3.05) is 31.6 Å². The van der Waals surface area contributed by atoms with Gasteiger partial charge in [-0.05, 0) is 41.7 Å². The number of carbonyl (C=O) groups is 5. The van der Waals surface area contributed by atoms with Gasteiger partial charge < -0.3 is 25.6 Å². The molecule has 2 fully saturated rings. The highest BCUT2D eigenvalue weighted by Crippen LogP contribution is 2.35. The molecule has 2 aromatic carbocycles.